The van der Waals surface area contributed by atoms with Crippen LogP contribution in [-0.4, -0.2) is 29.3 Å². The van der Waals surface area contributed by atoms with Gasteiger partial charge in [-0.1, -0.05) is 28.4 Å². The van der Waals surface area contributed by atoms with E-state index in [4.69, 9.17) is 23.2 Å². The van der Waals surface area contributed by atoms with E-state index in [-0.39, 0.29) is 38.5 Å². The molecule has 1 heterocycles. The van der Waals surface area contributed by atoms with Gasteiger partial charge in [0.1, 0.15) is 0 Å². The normalized spacial score (nSPS) is 13.1. The zero-order valence-corrected chi connectivity index (χ0v) is 20.3. The average Bonchev–Trinajstić information content (AvgIpc) is 3.16. The van der Waals surface area contributed by atoms with Crippen LogP contribution in [0.2, 0.25) is 10.0 Å². The van der Waals surface area contributed by atoms with Crippen LogP contribution in [0.15, 0.2) is 35.2 Å². The van der Waals surface area contributed by atoms with Crippen molar-refractivity contribution in [3.05, 3.63) is 68.5 Å². The van der Waals surface area contributed by atoms with Crippen molar-refractivity contribution in [3.8, 4) is 5.69 Å². The number of carbonyl (C=O) groups is 1. The van der Waals surface area contributed by atoms with Crippen LogP contribution in [0, 0.1) is 6.92 Å². The summed E-state index contributed by atoms with van der Waals surface area (Å²) < 4.78 is 146. The molecule has 0 aliphatic rings. The number of carbonyl (C=O) groups excluding carboxylic acids is 1. The number of nitrogens with one attached hydrogen (secondary N) is 1. The molecule has 7 nitrogen and oxygen atoms in total. The lowest BCUT2D eigenvalue weighted by Crippen LogP contribution is -2.33. The summed E-state index contributed by atoms with van der Waals surface area (Å²) in [7, 11) is -5.60. The Hall–Kier alpha value is -3.05. The third kappa shape index (κ3) is 5.99. The van der Waals surface area contributed by atoms with Crippen molar-refractivity contribution in [1.29, 1.82) is 0 Å². The molecule has 0 saturated heterocycles. The van der Waals surface area contributed by atoms with Crippen LogP contribution < -0.4 is 4.72 Å². The molecule has 19 heteroatoms. The number of nitrogens with zero attached hydrogens (tertiary/aromatic N) is 3. The Balaban J connectivity index is 2.13. The van der Waals surface area contributed by atoms with Gasteiger partial charge in [-0.2, -0.15) is 39.5 Å². The maximum absolute atomic E-state index is 13.9. The van der Waals surface area contributed by atoms with Gasteiger partial charge in [0.05, 0.1) is 26.7 Å². The van der Waals surface area contributed by atoms with Crippen molar-refractivity contribution in [2.24, 2.45) is 0 Å². The highest BCUT2D eigenvalue weighted by Gasteiger charge is 2.44. The molecule has 0 unspecified atom stereocenters. The SMILES string of the molecule is Cc1cc(Cl)cc(Cl)c1-n1nnc(C(=O)NS(=O)(=O)c2cc(C(F)(F)F)cc(C(F)(F)F)c2)c1C(F)(F)F. The number of alkyl halides is 9. The number of hydrogen-bond acceptors (Lipinski definition) is 5. The summed E-state index contributed by atoms with van der Waals surface area (Å²) in [6.45, 7) is 1.27. The smallest absolute Gasteiger partial charge is 0.266 e. The van der Waals surface area contributed by atoms with Gasteiger partial charge in [0.2, 0.25) is 0 Å². The summed E-state index contributed by atoms with van der Waals surface area (Å²) >= 11 is 11.7. The molecule has 1 aromatic heterocycles. The van der Waals surface area contributed by atoms with E-state index in [1.165, 1.54) is 13.0 Å². The number of benzene rings is 2. The van der Waals surface area contributed by atoms with Gasteiger partial charge in [-0.25, -0.2) is 17.8 Å². The van der Waals surface area contributed by atoms with Crippen LogP contribution in [-0.2, 0) is 28.6 Å². The van der Waals surface area contributed by atoms with Crippen molar-refractivity contribution in [2.45, 2.75) is 30.3 Å². The number of aromatic nitrogens is 3. The molecule has 206 valence electrons. The Morgan fingerprint density at radius 1 is 0.868 bits per heavy atom. The quantitative estimate of drug-likeness (QED) is 0.361. The van der Waals surface area contributed by atoms with Gasteiger partial charge in [-0.3, -0.25) is 4.79 Å². The van der Waals surface area contributed by atoms with Gasteiger partial charge < -0.3 is 0 Å². The lowest BCUT2D eigenvalue weighted by molar-refractivity contribution is -0.144. The van der Waals surface area contributed by atoms with Gasteiger partial charge in [-0.15, -0.1) is 5.10 Å². The minimum absolute atomic E-state index is 0.0149. The highest BCUT2D eigenvalue weighted by atomic mass is 35.5. The van der Waals surface area contributed by atoms with Crippen LogP contribution >= 0.6 is 23.2 Å². The standard InChI is InChI=1S/C19H9Cl2F9N4O3S/c1-7-2-10(20)6-12(21)14(7)34-15(19(28,29)30)13(31-33-34)16(35)32-38(36,37)11-4-8(17(22,23)24)3-9(5-11)18(25,26)27/h2-6H,1H3,(H,32,35). The Kier molecular flexibility index (Phi) is 7.46. The largest absolute Gasteiger partial charge is 0.435 e. The van der Waals surface area contributed by atoms with E-state index in [0.717, 1.165) is 10.8 Å². The minimum atomic E-state index is -5.60. The molecule has 0 spiro atoms. The zero-order valence-electron chi connectivity index (χ0n) is 18.0. The molecule has 3 rings (SSSR count). The molecular formula is C19H9Cl2F9N4O3S. The molecule has 0 saturated carbocycles. The summed E-state index contributed by atoms with van der Waals surface area (Å²) in [6, 6.07) is 1.36. The first kappa shape index (κ1) is 29.5. The summed E-state index contributed by atoms with van der Waals surface area (Å²) in [6.07, 6.45) is -16.3. The summed E-state index contributed by atoms with van der Waals surface area (Å²) in [4.78, 5) is 10.8. The van der Waals surface area contributed by atoms with Crippen molar-refractivity contribution in [1.82, 2.24) is 19.7 Å². The fourth-order valence-electron chi connectivity index (χ4n) is 3.12. The average molecular weight is 615 g/mol. The topological polar surface area (TPSA) is 93.9 Å². The number of halogens is 11. The lowest BCUT2D eigenvalue weighted by Gasteiger charge is -2.15. The van der Waals surface area contributed by atoms with E-state index in [2.05, 4.69) is 10.3 Å². The molecule has 1 amide bonds. The Morgan fingerprint density at radius 3 is 1.84 bits per heavy atom. The second-order valence-corrected chi connectivity index (χ2v) is 9.95. The van der Waals surface area contributed by atoms with Gasteiger partial charge in [0.15, 0.2) is 11.4 Å². The molecule has 0 radical (unpaired) electrons. The lowest BCUT2D eigenvalue weighted by atomic mass is 10.1. The predicted octanol–water partition coefficient (Wildman–Crippen LogP) is 6.06. The van der Waals surface area contributed by atoms with E-state index in [1.54, 1.807) is 0 Å². The maximum atomic E-state index is 13.9. The van der Waals surface area contributed by atoms with Crippen LogP contribution in [0.1, 0.15) is 32.9 Å². The molecule has 38 heavy (non-hydrogen) atoms. The van der Waals surface area contributed by atoms with E-state index in [9.17, 15) is 52.7 Å². The van der Waals surface area contributed by atoms with E-state index in [0.29, 0.717) is 0 Å². The Labute approximate surface area is 216 Å². The van der Waals surface area contributed by atoms with Gasteiger partial charge >= 0.3 is 18.5 Å². The third-order valence-electron chi connectivity index (χ3n) is 4.68. The molecule has 0 aliphatic carbocycles. The number of sulfonamides is 1. The summed E-state index contributed by atoms with van der Waals surface area (Å²) in [5.74, 6) is -2.16. The summed E-state index contributed by atoms with van der Waals surface area (Å²) in [5, 5.41) is 5.85. The number of amides is 1. The molecule has 0 atom stereocenters. The monoisotopic (exact) mass is 614 g/mol. The van der Waals surface area contributed by atoms with Crippen molar-refractivity contribution < 1.29 is 52.7 Å². The first-order valence-electron chi connectivity index (χ1n) is 9.48. The zero-order chi connectivity index (χ0) is 29.0. The molecule has 0 fully saturated rings. The van der Waals surface area contributed by atoms with Crippen LogP contribution in [0.3, 0.4) is 0 Å². The fraction of sp³-hybridized carbons (Fsp3) is 0.211. The van der Waals surface area contributed by atoms with Crippen molar-refractivity contribution >= 4 is 39.1 Å². The second-order valence-electron chi connectivity index (χ2n) is 7.43. The van der Waals surface area contributed by atoms with E-state index < -0.39 is 67.6 Å². The predicted molar refractivity (Wildman–Crippen MR) is 112 cm³/mol. The van der Waals surface area contributed by atoms with Gasteiger partial charge in [0.25, 0.3) is 15.9 Å². The van der Waals surface area contributed by atoms with Crippen LogP contribution in [0.5, 0.6) is 0 Å². The highest BCUT2D eigenvalue weighted by Crippen LogP contribution is 2.38. The molecule has 0 bridgehead atoms. The van der Waals surface area contributed by atoms with Crippen LogP contribution in [0.4, 0.5) is 39.5 Å². The van der Waals surface area contributed by atoms with Gasteiger partial charge in [0, 0.05) is 5.02 Å². The third-order valence-corrected chi connectivity index (χ3v) is 6.50. The molecule has 2 aromatic carbocycles. The Bertz CT molecular complexity index is 1480. The minimum Gasteiger partial charge on any atom is -0.266 e. The number of hydrogen-bond donors (Lipinski definition) is 1. The highest BCUT2D eigenvalue weighted by molar-refractivity contribution is 7.90. The van der Waals surface area contributed by atoms with Crippen molar-refractivity contribution in [3.63, 3.8) is 0 Å². The fourth-order valence-corrected chi connectivity index (χ4v) is 4.82. The van der Waals surface area contributed by atoms with E-state index >= 15 is 0 Å². The molecule has 0 aliphatic heterocycles. The number of rotatable bonds is 4. The van der Waals surface area contributed by atoms with Crippen LogP contribution in [0.25, 0.3) is 5.69 Å². The van der Waals surface area contributed by atoms with Gasteiger partial charge in [-0.05, 0) is 42.8 Å². The molecule has 3 aromatic rings. The molecular weight excluding hydrogens is 606 g/mol. The first-order valence-corrected chi connectivity index (χ1v) is 11.7. The van der Waals surface area contributed by atoms with E-state index in [1.807, 2.05) is 0 Å². The second kappa shape index (κ2) is 9.60. The maximum Gasteiger partial charge on any atom is 0.435 e. The van der Waals surface area contributed by atoms with Crippen molar-refractivity contribution in [2.75, 3.05) is 0 Å². The first-order chi connectivity index (χ1) is 17.1. The molecule has 1 N–H and O–H groups in total. The summed E-state index contributed by atoms with van der Waals surface area (Å²) in [5.41, 5.74) is -8.15. The number of aryl methyl sites for hydroxylation is 1. The Morgan fingerprint density at radius 2 is 1.39 bits per heavy atom.